The van der Waals surface area contributed by atoms with Crippen molar-refractivity contribution in [1.82, 2.24) is 5.32 Å². The number of hydrogen-bond donors (Lipinski definition) is 1. The van der Waals surface area contributed by atoms with Crippen molar-refractivity contribution in [3.8, 4) is 0 Å². The summed E-state index contributed by atoms with van der Waals surface area (Å²) in [7, 11) is 0. The number of halogens is 2. The summed E-state index contributed by atoms with van der Waals surface area (Å²) < 4.78 is 30.4. The van der Waals surface area contributed by atoms with E-state index in [1.807, 2.05) is 18.2 Å². The molecule has 0 aliphatic carbocycles. The standard InChI is InChI=1S/C46H62BrClNO4P/c47-36-38-52-54(48,50)53-40-45(49-46(42-30-20-14-21-31-42,43-32-22-15-23-33-43)44-34-24-16-25-35-44)39-51-37-26-12-10-8-6-4-2-1-3-5-7-9-11-17-27-41-28-18-13-19-29-41/h13-16,18-25,28-35,45,49H,1-12,17,26-27,36-40H2/t45-,54?/m1/s1. The van der Waals surface area contributed by atoms with E-state index in [9.17, 15) is 4.57 Å². The molecule has 4 aromatic rings. The zero-order valence-electron chi connectivity index (χ0n) is 32.1. The SMILES string of the molecule is O=P(Cl)(OCCBr)OC[C@@H](COCCCCCCCCCCCCCCCCc1ccccc1)NC(c1ccccc1)(c1ccccc1)c1ccccc1. The van der Waals surface area contributed by atoms with Crippen LogP contribution in [0.3, 0.4) is 0 Å². The lowest BCUT2D eigenvalue weighted by Crippen LogP contribution is -2.53. The molecule has 294 valence electrons. The fourth-order valence-electron chi connectivity index (χ4n) is 7.14. The highest BCUT2D eigenvalue weighted by Crippen LogP contribution is 2.53. The summed E-state index contributed by atoms with van der Waals surface area (Å²) >= 11 is 9.53. The zero-order valence-corrected chi connectivity index (χ0v) is 35.3. The molecule has 0 amide bonds. The molecule has 1 N–H and O–H groups in total. The Balaban J connectivity index is 1.19. The Hall–Kier alpha value is -2.28. The number of nitrogens with one attached hydrogen (secondary N) is 1. The molecule has 0 heterocycles. The number of alkyl halides is 1. The summed E-state index contributed by atoms with van der Waals surface area (Å²) in [5, 5.41) is 4.42. The van der Waals surface area contributed by atoms with Crippen molar-refractivity contribution in [1.29, 1.82) is 0 Å². The van der Waals surface area contributed by atoms with Crippen LogP contribution in [0.2, 0.25) is 0 Å². The average molecular weight is 839 g/mol. The van der Waals surface area contributed by atoms with Crippen LogP contribution in [0.5, 0.6) is 0 Å². The molecule has 0 aliphatic heterocycles. The number of unbranched alkanes of at least 4 members (excludes halogenated alkanes) is 13. The first-order chi connectivity index (χ1) is 26.5. The maximum Gasteiger partial charge on any atom is 0.424 e. The molecule has 0 bridgehead atoms. The lowest BCUT2D eigenvalue weighted by atomic mass is 9.76. The van der Waals surface area contributed by atoms with Crippen LogP contribution in [0, 0.1) is 0 Å². The van der Waals surface area contributed by atoms with Gasteiger partial charge in [-0.25, -0.2) is 4.57 Å². The maximum absolute atomic E-state index is 13.0. The highest BCUT2D eigenvalue weighted by atomic mass is 79.9. The van der Waals surface area contributed by atoms with Crippen molar-refractivity contribution in [2.75, 3.05) is 31.8 Å². The lowest BCUT2D eigenvalue weighted by molar-refractivity contribution is 0.0799. The number of rotatable bonds is 30. The minimum atomic E-state index is -3.78. The Morgan fingerprint density at radius 3 is 1.39 bits per heavy atom. The lowest BCUT2D eigenvalue weighted by Gasteiger charge is -2.40. The van der Waals surface area contributed by atoms with Crippen LogP contribution < -0.4 is 5.32 Å². The van der Waals surface area contributed by atoms with Gasteiger partial charge in [0.25, 0.3) is 0 Å². The Morgan fingerprint density at radius 2 is 0.944 bits per heavy atom. The van der Waals surface area contributed by atoms with Crippen molar-refractivity contribution in [3.63, 3.8) is 0 Å². The third kappa shape index (κ3) is 16.4. The first-order valence-electron chi connectivity index (χ1n) is 20.2. The summed E-state index contributed by atoms with van der Waals surface area (Å²) in [6.07, 6.45) is 19.5. The van der Waals surface area contributed by atoms with Crippen molar-refractivity contribution in [2.45, 2.75) is 108 Å². The number of hydrogen-bond acceptors (Lipinski definition) is 5. The molecule has 0 saturated carbocycles. The van der Waals surface area contributed by atoms with Gasteiger partial charge in [-0.1, -0.05) is 214 Å². The Labute approximate surface area is 339 Å². The first kappa shape index (κ1) is 44.4. The van der Waals surface area contributed by atoms with Gasteiger partial charge in [-0.2, -0.15) is 0 Å². The van der Waals surface area contributed by atoms with E-state index < -0.39 is 12.5 Å². The molecule has 1 unspecified atom stereocenters. The van der Waals surface area contributed by atoms with E-state index in [2.05, 4.69) is 124 Å². The van der Waals surface area contributed by atoms with E-state index in [4.69, 9.17) is 25.0 Å². The summed E-state index contributed by atoms with van der Waals surface area (Å²) in [6, 6.07) is 41.7. The number of ether oxygens (including phenoxy) is 1. The normalized spacial score (nSPS) is 13.4. The van der Waals surface area contributed by atoms with Crippen LogP contribution in [0.4, 0.5) is 0 Å². The van der Waals surface area contributed by atoms with Gasteiger partial charge in [0.1, 0.15) is 0 Å². The van der Waals surface area contributed by atoms with Crippen LogP contribution >= 0.6 is 34.1 Å². The molecule has 5 nitrogen and oxygen atoms in total. The highest BCUT2D eigenvalue weighted by Gasteiger charge is 2.39. The third-order valence-electron chi connectivity index (χ3n) is 9.96. The second kappa shape index (κ2) is 26.6. The van der Waals surface area contributed by atoms with E-state index in [0.717, 1.165) is 29.5 Å². The molecule has 0 aliphatic rings. The Kier molecular flexibility index (Phi) is 21.8. The topological polar surface area (TPSA) is 56.8 Å². The monoisotopic (exact) mass is 837 g/mol. The van der Waals surface area contributed by atoms with Crippen LogP contribution in [0.25, 0.3) is 0 Å². The van der Waals surface area contributed by atoms with Gasteiger partial charge in [0.15, 0.2) is 0 Å². The van der Waals surface area contributed by atoms with E-state index in [1.165, 1.54) is 89.0 Å². The largest absolute Gasteiger partial charge is 0.424 e. The van der Waals surface area contributed by atoms with Gasteiger partial charge < -0.3 is 4.74 Å². The van der Waals surface area contributed by atoms with Gasteiger partial charge in [-0.05, 0) is 41.5 Å². The molecule has 0 saturated heterocycles. The second-order valence-corrected chi connectivity index (χ2v) is 17.6. The second-order valence-electron chi connectivity index (χ2n) is 14.2. The van der Waals surface area contributed by atoms with Crippen molar-refractivity contribution in [2.24, 2.45) is 0 Å². The van der Waals surface area contributed by atoms with Crippen LogP contribution in [-0.4, -0.2) is 37.8 Å². The molecular weight excluding hydrogens is 777 g/mol. The van der Waals surface area contributed by atoms with Crippen molar-refractivity contribution >= 4 is 34.1 Å². The van der Waals surface area contributed by atoms with Gasteiger partial charge in [-0.3, -0.25) is 14.4 Å². The Bertz CT molecular complexity index is 1450. The van der Waals surface area contributed by atoms with Crippen molar-refractivity contribution < 1.29 is 18.3 Å². The summed E-state index contributed by atoms with van der Waals surface area (Å²) in [4.78, 5) is 0. The molecular formula is C46H62BrClNO4P. The molecule has 0 radical (unpaired) electrons. The van der Waals surface area contributed by atoms with Gasteiger partial charge in [-0.15, -0.1) is 0 Å². The molecule has 0 spiro atoms. The molecule has 2 atom stereocenters. The van der Waals surface area contributed by atoms with Crippen LogP contribution in [0.1, 0.15) is 112 Å². The number of benzene rings is 4. The predicted molar refractivity (Wildman–Crippen MR) is 231 cm³/mol. The minimum Gasteiger partial charge on any atom is -0.380 e. The third-order valence-corrected chi connectivity index (χ3v) is 11.8. The van der Waals surface area contributed by atoms with E-state index >= 15 is 0 Å². The summed E-state index contributed by atoms with van der Waals surface area (Å²) in [5.41, 5.74) is 3.95. The van der Waals surface area contributed by atoms with Crippen LogP contribution in [0.15, 0.2) is 121 Å². The fourth-order valence-corrected chi connectivity index (χ4v) is 8.67. The van der Waals surface area contributed by atoms with Gasteiger partial charge >= 0.3 is 6.95 Å². The van der Waals surface area contributed by atoms with Gasteiger partial charge in [0.2, 0.25) is 0 Å². The molecule has 54 heavy (non-hydrogen) atoms. The minimum absolute atomic E-state index is 0.0477. The van der Waals surface area contributed by atoms with E-state index in [0.29, 0.717) is 18.5 Å². The van der Waals surface area contributed by atoms with Crippen LogP contribution in [-0.2, 0) is 30.3 Å². The average Bonchev–Trinajstić information content (AvgIpc) is 3.21. The van der Waals surface area contributed by atoms with E-state index in [-0.39, 0.29) is 19.3 Å². The molecule has 4 rings (SSSR count). The smallest absolute Gasteiger partial charge is 0.380 e. The predicted octanol–water partition coefficient (Wildman–Crippen LogP) is 13.4. The van der Waals surface area contributed by atoms with Gasteiger partial charge in [0.05, 0.1) is 31.4 Å². The molecule has 0 fully saturated rings. The first-order valence-corrected chi connectivity index (χ1v) is 23.8. The van der Waals surface area contributed by atoms with E-state index in [1.54, 1.807) is 0 Å². The van der Waals surface area contributed by atoms with Gasteiger partial charge in [0, 0.05) is 23.2 Å². The quantitative estimate of drug-likeness (QED) is 0.0245. The Morgan fingerprint density at radius 1 is 0.537 bits per heavy atom. The maximum atomic E-state index is 13.0. The highest BCUT2D eigenvalue weighted by molar-refractivity contribution is 9.09. The fraction of sp³-hybridized carbons (Fsp3) is 0.478. The molecule has 4 aromatic carbocycles. The summed E-state index contributed by atoms with van der Waals surface area (Å²) in [6.45, 7) is -2.54. The van der Waals surface area contributed by atoms with Crippen molar-refractivity contribution in [3.05, 3.63) is 144 Å². The number of aryl methyl sites for hydroxylation is 1. The zero-order chi connectivity index (χ0) is 38.0. The molecule has 8 heteroatoms. The molecule has 0 aromatic heterocycles. The summed E-state index contributed by atoms with van der Waals surface area (Å²) in [5.74, 6) is 0.